The van der Waals surface area contributed by atoms with Gasteiger partial charge in [0.15, 0.2) is 17.5 Å². The number of rotatable bonds is 8. The van der Waals surface area contributed by atoms with E-state index in [-0.39, 0.29) is 0 Å². The molecule has 1 fully saturated rings. The normalized spacial score (nSPS) is 16.4. The lowest BCUT2D eigenvalue weighted by atomic mass is 10.1. The van der Waals surface area contributed by atoms with Crippen LogP contribution < -0.4 is 14.8 Å². The van der Waals surface area contributed by atoms with Gasteiger partial charge in [-0.15, -0.1) is 10.2 Å². The molecule has 0 unspecified atom stereocenters. The predicted molar refractivity (Wildman–Crippen MR) is 124 cm³/mol. The maximum atomic E-state index is 5.51. The second-order valence-corrected chi connectivity index (χ2v) is 8.27. The van der Waals surface area contributed by atoms with Crippen molar-refractivity contribution in [1.82, 2.24) is 29.9 Å². The number of hydrogen-bond donors (Lipinski definition) is 1. The van der Waals surface area contributed by atoms with Crippen LogP contribution >= 0.6 is 0 Å². The van der Waals surface area contributed by atoms with Crippen LogP contribution in [0.5, 0.6) is 11.5 Å². The van der Waals surface area contributed by atoms with E-state index in [1.54, 1.807) is 6.33 Å². The van der Waals surface area contributed by atoms with E-state index >= 15 is 0 Å². The molecule has 3 heterocycles. The van der Waals surface area contributed by atoms with Crippen molar-refractivity contribution in [3.63, 3.8) is 0 Å². The molecule has 0 atom stereocenters. The molecule has 2 aliphatic heterocycles. The van der Waals surface area contributed by atoms with E-state index in [9.17, 15) is 0 Å². The molecule has 0 aliphatic carbocycles. The zero-order valence-corrected chi connectivity index (χ0v) is 19.1. The zero-order chi connectivity index (χ0) is 22.3. The summed E-state index contributed by atoms with van der Waals surface area (Å²) >= 11 is 0. The summed E-state index contributed by atoms with van der Waals surface area (Å²) in [6.45, 7) is 15.4. The molecule has 0 spiro atoms. The van der Waals surface area contributed by atoms with E-state index in [0.29, 0.717) is 13.3 Å². The Labute approximate surface area is 189 Å². The standard InChI is InChI=1S/C23H33N7O2/c1-4-22-27-26-16-30(22)8-7-24-23(25-14-18(2)3)29-11-9-28(10-12-29)15-19-5-6-20-21(13-19)32-17-31-20/h5-6,13,16H,2,4,7-12,14-15,17H2,1,3H3,(H,24,25). The third-order valence-corrected chi connectivity index (χ3v) is 5.66. The first-order valence-corrected chi connectivity index (χ1v) is 11.3. The number of ether oxygens (including phenoxy) is 2. The second kappa shape index (κ2) is 10.5. The number of guanidine groups is 1. The summed E-state index contributed by atoms with van der Waals surface area (Å²) in [5, 5.41) is 11.7. The summed E-state index contributed by atoms with van der Waals surface area (Å²) in [6.07, 6.45) is 2.67. The van der Waals surface area contributed by atoms with Crippen LogP contribution in [0.2, 0.25) is 0 Å². The van der Waals surface area contributed by atoms with Crippen LogP contribution in [0.15, 0.2) is 41.7 Å². The van der Waals surface area contributed by atoms with Gasteiger partial charge in [-0.1, -0.05) is 25.1 Å². The summed E-state index contributed by atoms with van der Waals surface area (Å²) in [5.74, 6) is 3.63. The van der Waals surface area contributed by atoms with Crippen LogP contribution in [0.1, 0.15) is 25.2 Å². The lowest BCUT2D eigenvalue weighted by molar-refractivity contribution is 0.171. The van der Waals surface area contributed by atoms with E-state index in [2.05, 4.69) is 55.5 Å². The lowest BCUT2D eigenvalue weighted by Gasteiger charge is -2.36. The van der Waals surface area contributed by atoms with E-state index in [4.69, 9.17) is 14.5 Å². The fourth-order valence-corrected chi connectivity index (χ4v) is 3.92. The molecular formula is C23H33N7O2. The van der Waals surface area contributed by atoms with Crippen LogP contribution in [-0.4, -0.2) is 76.6 Å². The monoisotopic (exact) mass is 439 g/mol. The molecular weight excluding hydrogens is 406 g/mol. The van der Waals surface area contributed by atoms with Gasteiger partial charge in [0.1, 0.15) is 12.2 Å². The second-order valence-electron chi connectivity index (χ2n) is 8.27. The smallest absolute Gasteiger partial charge is 0.231 e. The highest BCUT2D eigenvalue weighted by Crippen LogP contribution is 2.32. The van der Waals surface area contributed by atoms with Gasteiger partial charge in [0.25, 0.3) is 0 Å². The van der Waals surface area contributed by atoms with Crippen LogP contribution in [0.4, 0.5) is 0 Å². The molecule has 0 saturated carbocycles. The molecule has 2 aliphatic rings. The maximum Gasteiger partial charge on any atom is 0.231 e. The number of nitrogens with one attached hydrogen (secondary N) is 1. The van der Waals surface area contributed by atoms with Crippen molar-refractivity contribution in [3.8, 4) is 11.5 Å². The molecule has 2 aromatic rings. The Morgan fingerprint density at radius 3 is 2.78 bits per heavy atom. The van der Waals surface area contributed by atoms with Crippen molar-refractivity contribution >= 4 is 5.96 Å². The number of aryl methyl sites for hydroxylation is 1. The molecule has 32 heavy (non-hydrogen) atoms. The van der Waals surface area contributed by atoms with E-state index < -0.39 is 0 Å². The number of hydrogen-bond acceptors (Lipinski definition) is 6. The maximum absolute atomic E-state index is 5.51. The highest BCUT2D eigenvalue weighted by Gasteiger charge is 2.21. The molecule has 9 heteroatoms. The van der Waals surface area contributed by atoms with E-state index in [0.717, 1.165) is 81.1 Å². The van der Waals surface area contributed by atoms with Crippen LogP contribution in [0.25, 0.3) is 0 Å². The van der Waals surface area contributed by atoms with Gasteiger partial charge in [-0.25, -0.2) is 4.99 Å². The number of benzene rings is 1. The lowest BCUT2D eigenvalue weighted by Crippen LogP contribution is -2.52. The van der Waals surface area contributed by atoms with Gasteiger partial charge < -0.3 is 24.3 Å². The minimum atomic E-state index is 0.313. The van der Waals surface area contributed by atoms with Crippen molar-refractivity contribution in [2.75, 3.05) is 46.1 Å². The van der Waals surface area contributed by atoms with Crippen molar-refractivity contribution in [3.05, 3.63) is 48.1 Å². The fourth-order valence-electron chi connectivity index (χ4n) is 3.92. The van der Waals surface area contributed by atoms with Gasteiger partial charge in [-0.05, 0) is 24.6 Å². The first-order valence-electron chi connectivity index (χ1n) is 11.3. The average Bonchev–Trinajstić information content (AvgIpc) is 3.45. The van der Waals surface area contributed by atoms with Crippen LogP contribution in [-0.2, 0) is 19.5 Å². The van der Waals surface area contributed by atoms with Gasteiger partial charge in [0.05, 0.1) is 6.54 Å². The topological polar surface area (TPSA) is 80.0 Å². The first kappa shape index (κ1) is 22.1. The van der Waals surface area contributed by atoms with Crippen LogP contribution in [0.3, 0.4) is 0 Å². The van der Waals surface area contributed by atoms with Gasteiger partial charge in [-0.3, -0.25) is 4.90 Å². The highest BCUT2D eigenvalue weighted by molar-refractivity contribution is 5.80. The molecule has 0 amide bonds. The third-order valence-electron chi connectivity index (χ3n) is 5.66. The first-order chi connectivity index (χ1) is 15.6. The summed E-state index contributed by atoms with van der Waals surface area (Å²) in [5.41, 5.74) is 2.30. The van der Waals surface area contributed by atoms with E-state index in [1.807, 2.05) is 13.0 Å². The van der Waals surface area contributed by atoms with Crippen molar-refractivity contribution in [2.24, 2.45) is 4.99 Å². The molecule has 1 N–H and O–H groups in total. The van der Waals surface area contributed by atoms with Crippen molar-refractivity contribution < 1.29 is 9.47 Å². The molecule has 172 valence electrons. The van der Waals surface area contributed by atoms with E-state index in [1.165, 1.54) is 5.56 Å². The van der Waals surface area contributed by atoms with Gasteiger partial charge in [0.2, 0.25) is 6.79 Å². The van der Waals surface area contributed by atoms with Gasteiger partial charge in [-0.2, -0.15) is 0 Å². The largest absolute Gasteiger partial charge is 0.454 e. The zero-order valence-electron chi connectivity index (χ0n) is 19.1. The Morgan fingerprint density at radius 2 is 2.00 bits per heavy atom. The van der Waals surface area contributed by atoms with Crippen molar-refractivity contribution in [1.29, 1.82) is 0 Å². The molecule has 1 aromatic heterocycles. The quantitative estimate of drug-likeness (QED) is 0.382. The number of aromatic nitrogens is 3. The number of aliphatic imine (C=N–C) groups is 1. The predicted octanol–water partition coefficient (Wildman–Crippen LogP) is 1.91. The number of nitrogens with zero attached hydrogens (tertiary/aromatic N) is 6. The summed E-state index contributed by atoms with van der Waals surface area (Å²) in [4.78, 5) is 9.61. The highest BCUT2D eigenvalue weighted by atomic mass is 16.7. The summed E-state index contributed by atoms with van der Waals surface area (Å²) in [6, 6.07) is 6.21. The van der Waals surface area contributed by atoms with Crippen LogP contribution in [0, 0.1) is 0 Å². The molecule has 0 radical (unpaired) electrons. The Hall–Kier alpha value is -3.07. The van der Waals surface area contributed by atoms with Crippen molar-refractivity contribution in [2.45, 2.75) is 33.4 Å². The molecule has 4 rings (SSSR count). The average molecular weight is 440 g/mol. The summed E-state index contributed by atoms with van der Waals surface area (Å²) < 4.78 is 13.0. The van der Waals surface area contributed by atoms with Gasteiger partial charge >= 0.3 is 0 Å². The Balaban J connectivity index is 1.30. The Bertz CT molecular complexity index is 948. The molecule has 1 aromatic carbocycles. The molecule has 0 bridgehead atoms. The fraction of sp³-hybridized carbons (Fsp3) is 0.522. The van der Waals surface area contributed by atoms with Gasteiger partial charge in [0, 0.05) is 52.2 Å². The minimum Gasteiger partial charge on any atom is -0.454 e. The Kier molecular flexibility index (Phi) is 7.26. The minimum absolute atomic E-state index is 0.313. The SMILES string of the molecule is C=C(C)CN=C(NCCn1cnnc1CC)N1CCN(Cc2ccc3c(c2)OCO3)CC1. The summed E-state index contributed by atoms with van der Waals surface area (Å²) in [7, 11) is 0. The third kappa shape index (κ3) is 5.59. The number of piperazine rings is 1. The molecule has 9 nitrogen and oxygen atoms in total. The number of fused-ring (bicyclic) bond motifs is 1. The Morgan fingerprint density at radius 1 is 1.19 bits per heavy atom. The molecule has 1 saturated heterocycles.